The molecule has 3 nitrogen and oxygen atoms in total. The number of rotatable bonds is 3. The zero-order valence-corrected chi connectivity index (χ0v) is 15.8. The first-order valence-electron chi connectivity index (χ1n) is 7.11. The maximum absolute atomic E-state index is 5.52. The summed E-state index contributed by atoms with van der Waals surface area (Å²) in [5.41, 5.74) is 3.36. The highest BCUT2D eigenvalue weighted by atomic mass is 79.9. The molecule has 4 rings (SSSR count). The van der Waals surface area contributed by atoms with E-state index in [1.165, 1.54) is 15.3 Å². The molecule has 0 atom stereocenters. The van der Waals surface area contributed by atoms with E-state index >= 15 is 0 Å². The molecule has 0 spiro atoms. The van der Waals surface area contributed by atoms with E-state index in [0.717, 1.165) is 37.9 Å². The third kappa shape index (κ3) is 2.65. The average molecular weight is 405 g/mol. The highest BCUT2D eigenvalue weighted by Crippen LogP contribution is 2.48. The molecule has 0 saturated carbocycles. The number of halogens is 1. The molecule has 23 heavy (non-hydrogen) atoms. The van der Waals surface area contributed by atoms with E-state index in [9.17, 15) is 0 Å². The van der Waals surface area contributed by atoms with Crippen molar-refractivity contribution in [2.75, 3.05) is 7.11 Å². The average Bonchev–Trinajstić information content (AvgIpc) is 3.20. The number of hydrogen-bond donors (Lipinski definition) is 0. The van der Waals surface area contributed by atoms with Gasteiger partial charge in [-0.2, -0.15) is 0 Å². The van der Waals surface area contributed by atoms with Gasteiger partial charge in [0.15, 0.2) is 0 Å². The fraction of sp³-hybridized carbons (Fsp3) is 0.176. The second-order valence-electron chi connectivity index (χ2n) is 5.25. The Morgan fingerprint density at radius 2 is 2.13 bits per heavy atom. The highest BCUT2D eigenvalue weighted by Gasteiger charge is 2.28. The van der Waals surface area contributed by atoms with Gasteiger partial charge >= 0.3 is 0 Å². The first-order chi connectivity index (χ1) is 11.2. The van der Waals surface area contributed by atoms with Gasteiger partial charge in [0, 0.05) is 37.3 Å². The largest absolute Gasteiger partial charge is 0.496 e. The first-order valence-corrected chi connectivity index (χ1v) is 9.54. The summed E-state index contributed by atoms with van der Waals surface area (Å²) in [7, 11) is 1.70. The second-order valence-corrected chi connectivity index (χ2v) is 8.49. The van der Waals surface area contributed by atoms with Crippen LogP contribution in [-0.2, 0) is 6.42 Å². The number of aromatic nitrogens is 1. The minimum atomic E-state index is 0.800. The fourth-order valence-electron chi connectivity index (χ4n) is 2.72. The Morgan fingerprint density at radius 1 is 1.26 bits per heavy atom. The van der Waals surface area contributed by atoms with Gasteiger partial charge in [-0.25, -0.2) is 9.98 Å². The summed E-state index contributed by atoms with van der Waals surface area (Å²) in [6, 6.07) is 8.20. The number of thiazole rings is 1. The Bertz CT molecular complexity index is 927. The molecular weight excluding hydrogens is 392 g/mol. The zero-order chi connectivity index (χ0) is 16.0. The number of ether oxygens (including phenoxy) is 1. The highest BCUT2D eigenvalue weighted by molar-refractivity contribution is 9.10. The van der Waals surface area contributed by atoms with Crippen LogP contribution in [0.1, 0.15) is 20.2 Å². The molecule has 1 aliphatic carbocycles. The molecule has 0 amide bonds. The molecular formula is C17H13BrN2OS2. The van der Waals surface area contributed by atoms with Gasteiger partial charge in [-0.15, -0.1) is 11.3 Å². The number of thiophene rings is 1. The summed E-state index contributed by atoms with van der Waals surface area (Å²) in [5.74, 6) is 0.872. The van der Waals surface area contributed by atoms with Crippen molar-refractivity contribution in [2.45, 2.75) is 13.3 Å². The van der Waals surface area contributed by atoms with Crippen LogP contribution in [0.4, 0.5) is 5.13 Å². The van der Waals surface area contributed by atoms with Crippen molar-refractivity contribution in [1.82, 2.24) is 4.98 Å². The van der Waals surface area contributed by atoms with Gasteiger partial charge in [-0.3, -0.25) is 0 Å². The standard InChI is InChI=1S/C17H13BrN2OS2/c1-9-3-4-10(22-9)8-19-17-20-16-14(23-17)7-11-12(18)5-6-13(21-2)15(11)16/h3-6,8H,7H2,1-2H3/b19-8+. The van der Waals surface area contributed by atoms with Gasteiger partial charge in [0.05, 0.1) is 12.8 Å². The molecule has 0 bridgehead atoms. The predicted octanol–water partition coefficient (Wildman–Crippen LogP) is 5.61. The number of aliphatic imine (C=N–C) groups is 1. The van der Waals surface area contributed by atoms with Crippen LogP contribution in [0.3, 0.4) is 0 Å². The van der Waals surface area contributed by atoms with Crippen LogP contribution < -0.4 is 4.74 Å². The molecule has 0 aliphatic heterocycles. The molecule has 3 aromatic rings. The normalized spacial score (nSPS) is 12.7. The predicted molar refractivity (Wildman–Crippen MR) is 101 cm³/mol. The molecule has 0 N–H and O–H groups in total. The van der Waals surface area contributed by atoms with Crippen molar-refractivity contribution in [2.24, 2.45) is 4.99 Å². The van der Waals surface area contributed by atoms with Crippen molar-refractivity contribution in [3.8, 4) is 17.0 Å². The van der Waals surface area contributed by atoms with E-state index in [1.807, 2.05) is 18.3 Å². The van der Waals surface area contributed by atoms with Crippen molar-refractivity contribution in [3.05, 3.63) is 48.9 Å². The smallest absolute Gasteiger partial charge is 0.209 e. The van der Waals surface area contributed by atoms with Crippen LogP contribution in [0.25, 0.3) is 11.3 Å². The van der Waals surface area contributed by atoms with E-state index in [1.54, 1.807) is 29.8 Å². The van der Waals surface area contributed by atoms with Crippen molar-refractivity contribution >= 4 is 49.9 Å². The van der Waals surface area contributed by atoms with Crippen molar-refractivity contribution in [3.63, 3.8) is 0 Å². The third-order valence-corrected chi connectivity index (χ3v) is 6.40. The molecule has 0 saturated heterocycles. The van der Waals surface area contributed by atoms with Crippen LogP contribution in [0, 0.1) is 6.92 Å². The Labute approximate surface area is 150 Å². The molecule has 2 aromatic heterocycles. The van der Waals surface area contributed by atoms with E-state index in [0.29, 0.717) is 0 Å². The quantitative estimate of drug-likeness (QED) is 0.416. The molecule has 116 valence electrons. The molecule has 2 heterocycles. The monoisotopic (exact) mass is 404 g/mol. The molecule has 1 aromatic carbocycles. The van der Waals surface area contributed by atoms with Gasteiger partial charge in [0.2, 0.25) is 5.13 Å². The maximum Gasteiger partial charge on any atom is 0.209 e. The summed E-state index contributed by atoms with van der Waals surface area (Å²) in [6.45, 7) is 2.10. The fourth-order valence-corrected chi connectivity index (χ4v) is 4.86. The number of nitrogens with zero attached hydrogens (tertiary/aromatic N) is 2. The Kier molecular flexibility index (Phi) is 3.83. The van der Waals surface area contributed by atoms with Crippen molar-refractivity contribution in [1.29, 1.82) is 0 Å². The van der Waals surface area contributed by atoms with Gasteiger partial charge < -0.3 is 4.74 Å². The molecule has 1 aliphatic rings. The number of hydrogen-bond acceptors (Lipinski definition) is 5. The molecule has 0 radical (unpaired) electrons. The lowest BCUT2D eigenvalue weighted by atomic mass is 10.1. The topological polar surface area (TPSA) is 34.5 Å². The first kappa shape index (κ1) is 15.1. The second kappa shape index (κ2) is 5.85. The number of aryl methyl sites for hydroxylation is 1. The Hall–Kier alpha value is -1.50. The van der Waals surface area contributed by atoms with Gasteiger partial charge in [0.1, 0.15) is 5.75 Å². The maximum atomic E-state index is 5.52. The zero-order valence-electron chi connectivity index (χ0n) is 12.6. The summed E-state index contributed by atoms with van der Waals surface area (Å²) in [4.78, 5) is 13.0. The molecule has 6 heteroatoms. The molecule has 0 fully saturated rings. The third-order valence-electron chi connectivity index (χ3n) is 3.76. The van der Waals surface area contributed by atoms with Crippen molar-refractivity contribution < 1.29 is 4.74 Å². The minimum absolute atomic E-state index is 0.800. The summed E-state index contributed by atoms with van der Waals surface area (Å²) in [5, 5.41) is 0.800. The molecule has 0 unspecified atom stereocenters. The summed E-state index contributed by atoms with van der Waals surface area (Å²) in [6.07, 6.45) is 2.78. The number of methoxy groups -OCH3 is 1. The van der Waals surface area contributed by atoms with E-state index < -0.39 is 0 Å². The SMILES string of the molecule is COc1ccc(Br)c2c1-c1nc(/N=C/c3ccc(C)s3)sc1C2. The number of benzene rings is 1. The van der Waals surface area contributed by atoms with Crippen LogP contribution in [-0.4, -0.2) is 18.3 Å². The van der Waals surface area contributed by atoms with Crippen LogP contribution in [0.15, 0.2) is 33.7 Å². The lowest BCUT2D eigenvalue weighted by Gasteiger charge is -2.08. The van der Waals surface area contributed by atoms with E-state index in [2.05, 4.69) is 40.0 Å². The Balaban J connectivity index is 1.72. The van der Waals surface area contributed by atoms with Gasteiger partial charge in [-0.1, -0.05) is 27.3 Å². The van der Waals surface area contributed by atoms with Gasteiger partial charge in [-0.05, 0) is 36.8 Å². The lowest BCUT2D eigenvalue weighted by molar-refractivity contribution is 0.416. The lowest BCUT2D eigenvalue weighted by Crippen LogP contribution is -1.90. The van der Waals surface area contributed by atoms with Gasteiger partial charge in [0.25, 0.3) is 0 Å². The van der Waals surface area contributed by atoms with Crippen LogP contribution in [0.2, 0.25) is 0 Å². The van der Waals surface area contributed by atoms with Crippen LogP contribution in [0.5, 0.6) is 5.75 Å². The van der Waals surface area contributed by atoms with E-state index in [4.69, 9.17) is 9.72 Å². The summed E-state index contributed by atoms with van der Waals surface area (Å²) >= 11 is 7.02. The number of fused-ring (bicyclic) bond motifs is 3. The van der Waals surface area contributed by atoms with E-state index in [-0.39, 0.29) is 0 Å². The van der Waals surface area contributed by atoms with Crippen LogP contribution >= 0.6 is 38.6 Å². The summed E-state index contributed by atoms with van der Waals surface area (Å²) < 4.78 is 6.63. The minimum Gasteiger partial charge on any atom is -0.496 e. The Morgan fingerprint density at radius 3 is 2.87 bits per heavy atom.